The van der Waals surface area contributed by atoms with Crippen LogP contribution in [0.5, 0.6) is 0 Å². The minimum absolute atomic E-state index is 0.472. The third-order valence-electron chi connectivity index (χ3n) is 1.36. The number of aliphatic carboxylic acids is 1. The molecule has 66 valence electrons. The summed E-state index contributed by atoms with van der Waals surface area (Å²) >= 11 is 0. The molecule has 4 nitrogen and oxygen atoms in total. The fourth-order valence-corrected chi connectivity index (χ4v) is 0.795. The molecule has 0 saturated heterocycles. The van der Waals surface area contributed by atoms with Crippen LogP contribution >= 0.6 is 0 Å². The van der Waals surface area contributed by atoms with Crippen LogP contribution in [0.25, 0.3) is 0 Å². The van der Waals surface area contributed by atoms with E-state index in [2.05, 4.69) is 5.32 Å². The van der Waals surface area contributed by atoms with Gasteiger partial charge in [-0.25, -0.2) is 0 Å². The largest absolute Gasteiger partial charge is 0.480 e. The van der Waals surface area contributed by atoms with Crippen LogP contribution in [0.1, 0.15) is 13.3 Å². The average molecular weight is 161 g/mol. The maximum absolute atomic E-state index is 10.5. The van der Waals surface area contributed by atoms with Crippen molar-refractivity contribution in [1.29, 1.82) is 0 Å². The third-order valence-corrected chi connectivity index (χ3v) is 1.36. The van der Waals surface area contributed by atoms with E-state index < -0.39 is 12.0 Å². The zero-order valence-corrected chi connectivity index (χ0v) is 6.96. The maximum atomic E-state index is 10.5. The van der Waals surface area contributed by atoms with Crippen LogP contribution in [0.2, 0.25) is 0 Å². The van der Waals surface area contributed by atoms with Crippen molar-refractivity contribution < 1.29 is 14.6 Å². The Kier molecular flexibility index (Phi) is 5.78. The van der Waals surface area contributed by atoms with Crippen molar-refractivity contribution >= 4 is 5.97 Å². The highest BCUT2D eigenvalue weighted by atomic mass is 16.5. The summed E-state index contributed by atoms with van der Waals surface area (Å²) < 4.78 is 4.77. The van der Waals surface area contributed by atoms with E-state index in [0.29, 0.717) is 19.6 Å². The highest BCUT2D eigenvalue weighted by Crippen LogP contribution is 1.91. The van der Waals surface area contributed by atoms with Gasteiger partial charge in [-0.15, -0.1) is 0 Å². The number of rotatable bonds is 6. The Morgan fingerprint density at radius 3 is 2.73 bits per heavy atom. The quantitative estimate of drug-likeness (QED) is 0.579. The Labute approximate surface area is 66.5 Å². The molecular weight excluding hydrogens is 146 g/mol. The van der Waals surface area contributed by atoms with Crippen molar-refractivity contribution in [3.63, 3.8) is 0 Å². The first kappa shape index (κ1) is 10.4. The lowest BCUT2D eigenvalue weighted by molar-refractivity contribution is -0.139. The van der Waals surface area contributed by atoms with Gasteiger partial charge in [-0.2, -0.15) is 0 Å². The molecule has 0 fully saturated rings. The van der Waals surface area contributed by atoms with Gasteiger partial charge in [0.25, 0.3) is 0 Å². The van der Waals surface area contributed by atoms with E-state index >= 15 is 0 Å². The van der Waals surface area contributed by atoms with E-state index in [0.717, 1.165) is 0 Å². The molecule has 4 heteroatoms. The molecule has 0 aromatic heterocycles. The summed E-state index contributed by atoms with van der Waals surface area (Å²) in [5.41, 5.74) is 0. The van der Waals surface area contributed by atoms with Crippen LogP contribution < -0.4 is 5.32 Å². The molecule has 0 rings (SSSR count). The molecule has 0 amide bonds. The van der Waals surface area contributed by atoms with Crippen LogP contribution in [0, 0.1) is 0 Å². The van der Waals surface area contributed by atoms with Gasteiger partial charge in [0.2, 0.25) is 0 Å². The minimum Gasteiger partial charge on any atom is -0.480 e. The molecule has 0 saturated carbocycles. The van der Waals surface area contributed by atoms with Gasteiger partial charge in [0.05, 0.1) is 0 Å². The number of ether oxygens (including phenoxy) is 1. The van der Waals surface area contributed by atoms with Crippen LogP contribution in [0.15, 0.2) is 0 Å². The molecular formula is C7H15NO3. The van der Waals surface area contributed by atoms with Crippen molar-refractivity contribution in [2.45, 2.75) is 19.4 Å². The SMILES string of the molecule is CCNC(CCOC)C(=O)O. The maximum Gasteiger partial charge on any atom is 0.320 e. The zero-order chi connectivity index (χ0) is 8.69. The lowest BCUT2D eigenvalue weighted by Gasteiger charge is -2.11. The number of carboxylic acid groups (broad SMARTS) is 1. The molecule has 0 radical (unpaired) electrons. The average Bonchev–Trinajstić information content (AvgIpc) is 1.97. The molecule has 1 atom stereocenters. The van der Waals surface area contributed by atoms with Crippen LogP contribution in [0.3, 0.4) is 0 Å². The predicted molar refractivity (Wildman–Crippen MR) is 41.6 cm³/mol. The Balaban J connectivity index is 3.60. The highest BCUT2D eigenvalue weighted by molar-refractivity contribution is 5.73. The van der Waals surface area contributed by atoms with Crippen LogP contribution in [-0.4, -0.2) is 37.4 Å². The van der Waals surface area contributed by atoms with Crippen molar-refractivity contribution in [3.8, 4) is 0 Å². The van der Waals surface area contributed by atoms with Gasteiger partial charge in [0, 0.05) is 13.7 Å². The second-order valence-electron chi connectivity index (χ2n) is 2.23. The van der Waals surface area contributed by atoms with Crippen molar-refractivity contribution in [3.05, 3.63) is 0 Å². The van der Waals surface area contributed by atoms with Gasteiger partial charge in [-0.05, 0) is 13.0 Å². The fraction of sp³-hybridized carbons (Fsp3) is 0.857. The summed E-state index contributed by atoms with van der Waals surface area (Å²) in [6.07, 6.45) is 0.514. The number of nitrogens with one attached hydrogen (secondary N) is 1. The van der Waals surface area contributed by atoms with E-state index in [1.807, 2.05) is 6.92 Å². The summed E-state index contributed by atoms with van der Waals surface area (Å²) in [6.45, 7) is 3.02. The molecule has 0 aliphatic rings. The second-order valence-corrected chi connectivity index (χ2v) is 2.23. The van der Waals surface area contributed by atoms with E-state index in [-0.39, 0.29) is 0 Å². The number of methoxy groups -OCH3 is 1. The number of likely N-dealkylation sites (N-methyl/N-ethyl adjacent to an activating group) is 1. The van der Waals surface area contributed by atoms with Crippen LogP contribution in [-0.2, 0) is 9.53 Å². The monoisotopic (exact) mass is 161 g/mol. The Morgan fingerprint density at radius 1 is 1.73 bits per heavy atom. The second kappa shape index (κ2) is 6.12. The number of carboxylic acids is 1. The predicted octanol–water partition coefficient (Wildman–Crippen LogP) is 0.0856. The van der Waals surface area contributed by atoms with E-state index in [1.165, 1.54) is 0 Å². The smallest absolute Gasteiger partial charge is 0.320 e. The zero-order valence-electron chi connectivity index (χ0n) is 6.96. The Hall–Kier alpha value is -0.610. The molecule has 0 heterocycles. The molecule has 1 unspecified atom stereocenters. The molecule has 0 bridgehead atoms. The van der Waals surface area contributed by atoms with Crippen molar-refractivity contribution in [2.75, 3.05) is 20.3 Å². The summed E-state index contributed by atoms with van der Waals surface area (Å²) in [5, 5.41) is 11.5. The van der Waals surface area contributed by atoms with Gasteiger partial charge >= 0.3 is 5.97 Å². The highest BCUT2D eigenvalue weighted by Gasteiger charge is 2.14. The van der Waals surface area contributed by atoms with Gasteiger partial charge in [0.15, 0.2) is 0 Å². The first-order valence-corrected chi connectivity index (χ1v) is 3.67. The number of hydrogen-bond acceptors (Lipinski definition) is 3. The standard InChI is InChI=1S/C7H15NO3/c1-3-8-6(7(9)10)4-5-11-2/h6,8H,3-5H2,1-2H3,(H,9,10). The summed E-state index contributed by atoms with van der Waals surface area (Å²) in [4.78, 5) is 10.5. The Morgan fingerprint density at radius 2 is 2.36 bits per heavy atom. The minimum atomic E-state index is -0.816. The molecule has 0 aromatic rings. The van der Waals surface area contributed by atoms with E-state index in [1.54, 1.807) is 7.11 Å². The number of carbonyl (C=O) groups is 1. The molecule has 0 aliphatic heterocycles. The van der Waals surface area contributed by atoms with E-state index in [4.69, 9.17) is 9.84 Å². The van der Waals surface area contributed by atoms with Crippen LogP contribution in [0.4, 0.5) is 0 Å². The van der Waals surface area contributed by atoms with Crippen molar-refractivity contribution in [1.82, 2.24) is 5.32 Å². The third kappa shape index (κ3) is 4.75. The molecule has 0 aliphatic carbocycles. The summed E-state index contributed by atoms with van der Waals surface area (Å²) in [6, 6.07) is -0.472. The van der Waals surface area contributed by atoms with E-state index in [9.17, 15) is 4.79 Å². The van der Waals surface area contributed by atoms with Gasteiger partial charge < -0.3 is 15.2 Å². The lowest BCUT2D eigenvalue weighted by Crippen LogP contribution is -2.37. The van der Waals surface area contributed by atoms with Gasteiger partial charge in [-0.1, -0.05) is 6.92 Å². The first-order valence-electron chi connectivity index (χ1n) is 3.67. The molecule has 11 heavy (non-hydrogen) atoms. The lowest BCUT2D eigenvalue weighted by atomic mass is 10.2. The molecule has 0 aromatic carbocycles. The number of hydrogen-bond donors (Lipinski definition) is 2. The summed E-state index contributed by atoms with van der Waals surface area (Å²) in [7, 11) is 1.56. The molecule has 2 N–H and O–H groups in total. The Bertz CT molecular complexity index is 116. The van der Waals surface area contributed by atoms with Gasteiger partial charge in [0.1, 0.15) is 6.04 Å². The first-order chi connectivity index (χ1) is 5.22. The van der Waals surface area contributed by atoms with Gasteiger partial charge in [-0.3, -0.25) is 4.79 Å². The van der Waals surface area contributed by atoms with Crippen molar-refractivity contribution in [2.24, 2.45) is 0 Å². The molecule has 0 spiro atoms. The fourth-order valence-electron chi connectivity index (χ4n) is 0.795. The normalized spacial score (nSPS) is 12.9. The summed E-state index contributed by atoms with van der Waals surface area (Å²) in [5.74, 6) is -0.816. The topological polar surface area (TPSA) is 58.6 Å².